The topological polar surface area (TPSA) is 67.9 Å². The van der Waals surface area contributed by atoms with E-state index in [1.807, 2.05) is 57.2 Å². The molecule has 0 bridgehead atoms. The van der Waals surface area contributed by atoms with Gasteiger partial charge in [0.1, 0.15) is 12.2 Å². The number of nitrogens with one attached hydrogen (secondary N) is 1. The minimum Gasteiger partial charge on any atom is -0.445 e. The number of alkyl carbamates (subject to hydrolysis) is 1. The van der Waals surface area contributed by atoms with Crippen molar-refractivity contribution >= 4 is 12.2 Å². The van der Waals surface area contributed by atoms with E-state index in [9.17, 15) is 9.59 Å². The van der Waals surface area contributed by atoms with Crippen LogP contribution in [0.15, 0.2) is 43.0 Å². The molecular formula is C21H30N2O4. The highest BCUT2D eigenvalue weighted by molar-refractivity contribution is 5.69. The van der Waals surface area contributed by atoms with Crippen molar-refractivity contribution in [1.29, 1.82) is 0 Å². The van der Waals surface area contributed by atoms with Gasteiger partial charge in [-0.25, -0.2) is 9.59 Å². The second-order valence-corrected chi connectivity index (χ2v) is 7.86. The lowest BCUT2D eigenvalue weighted by Crippen LogP contribution is -2.40. The molecule has 1 aromatic carbocycles. The van der Waals surface area contributed by atoms with Gasteiger partial charge < -0.3 is 19.7 Å². The molecule has 1 saturated heterocycles. The fourth-order valence-corrected chi connectivity index (χ4v) is 3.12. The molecule has 1 aromatic rings. The van der Waals surface area contributed by atoms with Crippen LogP contribution in [-0.4, -0.2) is 41.8 Å². The van der Waals surface area contributed by atoms with Crippen molar-refractivity contribution in [1.82, 2.24) is 10.2 Å². The van der Waals surface area contributed by atoms with Gasteiger partial charge in [0.05, 0.1) is 0 Å². The van der Waals surface area contributed by atoms with Crippen molar-refractivity contribution in [2.45, 2.75) is 51.9 Å². The highest BCUT2D eigenvalue weighted by Crippen LogP contribution is 2.27. The van der Waals surface area contributed by atoms with Gasteiger partial charge in [-0.3, -0.25) is 0 Å². The average molecular weight is 374 g/mol. The maximum absolute atomic E-state index is 12.4. The number of nitrogens with zero attached hydrogens (tertiary/aromatic N) is 1. The second kappa shape index (κ2) is 9.44. The van der Waals surface area contributed by atoms with Crippen molar-refractivity contribution in [3.05, 3.63) is 48.6 Å². The highest BCUT2D eigenvalue weighted by Gasteiger charge is 2.36. The molecule has 1 aliphatic rings. The third-order valence-electron chi connectivity index (χ3n) is 4.32. The predicted molar refractivity (Wildman–Crippen MR) is 104 cm³/mol. The molecule has 0 spiro atoms. The van der Waals surface area contributed by atoms with Crippen LogP contribution in [0, 0.1) is 5.92 Å². The minimum atomic E-state index is -0.534. The average Bonchev–Trinajstić information content (AvgIpc) is 3.01. The summed E-state index contributed by atoms with van der Waals surface area (Å²) in [4.78, 5) is 26.1. The molecule has 0 aliphatic carbocycles. The van der Waals surface area contributed by atoms with Gasteiger partial charge in [0.2, 0.25) is 0 Å². The first-order valence-corrected chi connectivity index (χ1v) is 9.33. The number of carbonyl (C=O) groups excluding carboxylic acids is 2. The van der Waals surface area contributed by atoms with Gasteiger partial charge in [0.15, 0.2) is 0 Å². The summed E-state index contributed by atoms with van der Waals surface area (Å²) < 4.78 is 10.7. The molecule has 1 N–H and O–H groups in total. The molecule has 1 aliphatic heterocycles. The van der Waals surface area contributed by atoms with Gasteiger partial charge in [-0.05, 0) is 45.1 Å². The Morgan fingerprint density at radius 2 is 2.00 bits per heavy atom. The lowest BCUT2D eigenvalue weighted by atomic mass is 10.0. The number of benzene rings is 1. The quantitative estimate of drug-likeness (QED) is 0.761. The van der Waals surface area contributed by atoms with Crippen LogP contribution in [0.3, 0.4) is 0 Å². The summed E-state index contributed by atoms with van der Waals surface area (Å²) in [5.74, 6) is 0.159. The van der Waals surface area contributed by atoms with Crippen LogP contribution >= 0.6 is 0 Å². The molecular weight excluding hydrogens is 344 g/mol. The second-order valence-electron chi connectivity index (χ2n) is 7.86. The lowest BCUT2D eigenvalue weighted by Gasteiger charge is -2.28. The molecule has 0 radical (unpaired) electrons. The van der Waals surface area contributed by atoms with E-state index < -0.39 is 11.7 Å². The Balaban J connectivity index is 1.81. The van der Waals surface area contributed by atoms with Crippen LogP contribution in [0.1, 0.15) is 39.2 Å². The minimum absolute atomic E-state index is 0.0458. The van der Waals surface area contributed by atoms with Crippen LogP contribution in [0.25, 0.3) is 0 Å². The maximum Gasteiger partial charge on any atom is 0.410 e. The van der Waals surface area contributed by atoms with Crippen LogP contribution < -0.4 is 5.32 Å². The van der Waals surface area contributed by atoms with Crippen molar-refractivity contribution in [3.8, 4) is 0 Å². The van der Waals surface area contributed by atoms with Crippen LogP contribution in [0.4, 0.5) is 9.59 Å². The van der Waals surface area contributed by atoms with E-state index in [-0.39, 0.29) is 24.7 Å². The number of carbonyl (C=O) groups is 2. The summed E-state index contributed by atoms with van der Waals surface area (Å²) in [7, 11) is 0. The number of hydrogen-bond donors (Lipinski definition) is 1. The molecule has 1 heterocycles. The van der Waals surface area contributed by atoms with Gasteiger partial charge in [-0.1, -0.05) is 36.4 Å². The zero-order valence-electron chi connectivity index (χ0n) is 16.4. The van der Waals surface area contributed by atoms with Gasteiger partial charge in [0, 0.05) is 19.1 Å². The van der Waals surface area contributed by atoms with E-state index in [4.69, 9.17) is 9.47 Å². The molecule has 2 rings (SSSR count). The summed E-state index contributed by atoms with van der Waals surface area (Å²) in [6.07, 6.45) is 2.54. The standard InChI is InChI=1S/C21H30N2O4/c1-5-9-18-12-17(14-23(18)20(25)27-21(2,3)4)13-22-19(24)26-15-16-10-7-6-8-11-16/h5-8,10-11,17-18H,1,9,12-15H2,2-4H3,(H,22,24)/t17-,18-/m1/s1. The zero-order chi connectivity index (χ0) is 19.9. The smallest absolute Gasteiger partial charge is 0.410 e. The van der Waals surface area contributed by atoms with Crippen molar-refractivity contribution < 1.29 is 19.1 Å². The SMILES string of the molecule is C=CC[C@@H]1C[C@H](CNC(=O)OCc2ccccc2)CN1C(=O)OC(C)(C)C. The van der Waals surface area contributed by atoms with Crippen molar-refractivity contribution in [3.63, 3.8) is 0 Å². The Labute approximate surface area is 161 Å². The molecule has 2 amide bonds. The molecule has 1 fully saturated rings. The van der Waals surface area contributed by atoms with E-state index in [2.05, 4.69) is 11.9 Å². The first kappa shape index (κ1) is 20.8. The molecule has 0 saturated carbocycles. The number of hydrogen-bond acceptors (Lipinski definition) is 4. The number of rotatable bonds is 6. The number of ether oxygens (including phenoxy) is 2. The van der Waals surface area contributed by atoms with Crippen LogP contribution in [0.5, 0.6) is 0 Å². The predicted octanol–water partition coefficient (Wildman–Crippen LogP) is 4.11. The van der Waals surface area contributed by atoms with Gasteiger partial charge in [-0.15, -0.1) is 6.58 Å². The maximum atomic E-state index is 12.4. The van der Waals surface area contributed by atoms with E-state index in [0.717, 1.165) is 12.0 Å². The van der Waals surface area contributed by atoms with Crippen molar-refractivity contribution in [2.75, 3.05) is 13.1 Å². The molecule has 6 nitrogen and oxygen atoms in total. The Morgan fingerprint density at radius 1 is 1.30 bits per heavy atom. The lowest BCUT2D eigenvalue weighted by molar-refractivity contribution is 0.0223. The summed E-state index contributed by atoms with van der Waals surface area (Å²) in [6.45, 7) is 10.6. The molecule has 0 unspecified atom stereocenters. The van der Waals surface area contributed by atoms with Gasteiger partial charge >= 0.3 is 12.2 Å². The van der Waals surface area contributed by atoms with Gasteiger partial charge in [0.25, 0.3) is 0 Å². The summed E-state index contributed by atoms with van der Waals surface area (Å²) in [5.41, 5.74) is 0.406. The fourth-order valence-electron chi connectivity index (χ4n) is 3.12. The third kappa shape index (κ3) is 6.96. The zero-order valence-corrected chi connectivity index (χ0v) is 16.4. The van der Waals surface area contributed by atoms with Crippen molar-refractivity contribution in [2.24, 2.45) is 5.92 Å². The first-order valence-electron chi connectivity index (χ1n) is 9.33. The van der Waals surface area contributed by atoms with E-state index in [0.29, 0.717) is 19.5 Å². The largest absolute Gasteiger partial charge is 0.445 e. The van der Waals surface area contributed by atoms with Gasteiger partial charge in [-0.2, -0.15) is 0 Å². The normalized spacial score (nSPS) is 19.4. The Bertz CT molecular complexity index is 639. The molecule has 27 heavy (non-hydrogen) atoms. The fraction of sp³-hybridized carbons (Fsp3) is 0.524. The number of likely N-dealkylation sites (tertiary alicyclic amines) is 1. The first-order chi connectivity index (χ1) is 12.8. The molecule has 6 heteroatoms. The molecule has 2 atom stereocenters. The Kier molecular flexibility index (Phi) is 7.28. The van der Waals surface area contributed by atoms with E-state index in [1.54, 1.807) is 4.90 Å². The summed E-state index contributed by atoms with van der Waals surface area (Å²) >= 11 is 0. The van der Waals surface area contributed by atoms with E-state index in [1.165, 1.54) is 0 Å². The third-order valence-corrected chi connectivity index (χ3v) is 4.32. The molecule has 0 aromatic heterocycles. The molecule has 148 valence electrons. The summed E-state index contributed by atoms with van der Waals surface area (Å²) in [6, 6.07) is 9.58. The number of amides is 2. The van der Waals surface area contributed by atoms with Crippen LogP contribution in [0.2, 0.25) is 0 Å². The van der Waals surface area contributed by atoms with Crippen LogP contribution in [-0.2, 0) is 16.1 Å². The Hall–Kier alpha value is -2.50. The summed E-state index contributed by atoms with van der Waals surface area (Å²) in [5, 5.41) is 2.80. The highest BCUT2D eigenvalue weighted by atomic mass is 16.6. The monoisotopic (exact) mass is 374 g/mol. The van der Waals surface area contributed by atoms with E-state index >= 15 is 0 Å². The Morgan fingerprint density at radius 3 is 2.63 bits per heavy atom.